The van der Waals surface area contributed by atoms with E-state index in [4.69, 9.17) is 10.7 Å². The van der Waals surface area contributed by atoms with Gasteiger partial charge in [0, 0.05) is 24.4 Å². The number of thioether (sulfide) groups is 1. The van der Waals surface area contributed by atoms with Gasteiger partial charge in [-0.3, -0.25) is 0 Å². The lowest BCUT2D eigenvalue weighted by Crippen LogP contribution is -2.39. The smallest absolute Gasteiger partial charge is 0.226 e. The highest BCUT2D eigenvalue weighted by atomic mass is 35.5. The third-order valence-electron chi connectivity index (χ3n) is 5.02. The summed E-state index contributed by atoms with van der Waals surface area (Å²) in [5.74, 6) is 0.887. The molecular formula is C17H22ClFN6OS2. The molecule has 0 aliphatic carbocycles. The number of aliphatic hydroxyl groups is 1. The van der Waals surface area contributed by atoms with Crippen molar-refractivity contribution in [3.63, 3.8) is 0 Å². The molecule has 28 heavy (non-hydrogen) atoms. The maximum absolute atomic E-state index is 14.5. The van der Waals surface area contributed by atoms with Crippen LogP contribution in [0, 0.1) is 18.7 Å². The number of hydrogen-bond acceptors (Lipinski definition) is 9. The number of rotatable bonds is 3. The predicted molar refractivity (Wildman–Crippen MR) is 113 cm³/mol. The Hall–Kier alpha value is -1.49. The van der Waals surface area contributed by atoms with Gasteiger partial charge in [-0.05, 0) is 38.4 Å². The minimum atomic E-state index is -1.40. The minimum Gasteiger partial charge on any atom is -0.384 e. The van der Waals surface area contributed by atoms with E-state index in [1.165, 1.54) is 25.4 Å². The Labute approximate surface area is 177 Å². The molecule has 1 saturated heterocycles. The van der Waals surface area contributed by atoms with E-state index in [0.29, 0.717) is 24.2 Å². The number of aliphatic imine (C=N–C) groups is 1. The average Bonchev–Trinajstić information content (AvgIpc) is 3.23. The van der Waals surface area contributed by atoms with E-state index in [2.05, 4.69) is 14.3 Å². The molecule has 0 spiro atoms. The van der Waals surface area contributed by atoms with Gasteiger partial charge in [0.25, 0.3) is 0 Å². The van der Waals surface area contributed by atoms with Crippen LogP contribution in [0.1, 0.15) is 30.1 Å². The topological polar surface area (TPSA) is 101 Å². The van der Waals surface area contributed by atoms with Gasteiger partial charge in [0.15, 0.2) is 11.0 Å². The highest BCUT2D eigenvalue weighted by Gasteiger charge is 2.52. The maximum atomic E-state index is 14.5. The second-order valence-electron chi connectivity index (χ2n) is 7.47. The van der Waals surface area contributed by atoms with E-state index < -0.39 is 17.0 Å². The molecule has 0 amide bonds. The first kappa shape index (κ1) is 21.2. The molecule has 7 nitrogen and oxygen atoms in total. The summed E-state index contributed by atoms with van der Waals surface area (Å²) in [6.07, 6.45) is 1.77. The fourth-order valence-corrected chi connectivity index (χ4v) is 5.42. The average molecular weight is 445 g/mol. The van der Waals surface area contributed by atoms with Crippen molar-refractivity contribution in [2.24, 2.45) is 16.6 Å². The Morgan fingerprint density at radius 3 is 2.79 bits per heavy atom. The van der Waals surface area contributed by atoms with Gasteiger partial charge in [-0.25, -0.2) is 23.7 Å². The molecule has 0 radical (unpaired) electrons. The number of anilines is 1. The Morgan fingerprint density at radius 1 is 1.39 bits per heavy atom. The standard InChI is InChI=1S/C17H21FN6OS2.ClH/c1-9-12(18)13(16(2,3)25)22-15(21-9)24-6-10-7-26-14(19)23-17(10,8-24)11-4-5-20-27-11;/h4-5,10,25H,6-8H2,1-3H3,(H2,19,23);1H/t10-,17-;/m0./s1. The van der Waals surface area contributed by atoms with E-state index in [-0.39, 0.29) is 29.7 Å². The van der Waals surface area contributed by atoms with Crippen LogP contribution >= 0.6 is 35.7 Å². The molecule has 152 valence electrons. The molecule has 3 N–H and O–H groups in total. The van der Waals surface area contributed by atoms with Crippen LogP contribution in [0.25, 0.3) is 0 Å². The van der Waals surface area contributed by atoms with E-state index in [0.717, 1.165) is 10.6 Å². The summed E-state index contributed by atoms with van der Waals surface area (Å²) in [5.41, 5.74) is 4.39. The van der Waals surface area contributed by atoms with Gasteiger partial charge >= 0.3 is 0 Å². The Bertz CT molecular complexity index is 904. The molecule has 2 aromatic heterocycles. The van der Waals surface area contributed by atoms with Crippen LogP contribution in [-0.2, 0) is 11.1 Å². The second-order valence-corrected chi connectivity index (χ2v) is 9.34. The number of hydrogen-bond donors (Lipinski definition) is 2. The third kappa shape index (κ3) is 3.47. The van der Waals surface area contributed by atoms with E-state index in [1.807, 2.05) is 11.0 Å². The SMILES string of the molecule is Cc1nc(N2C[C@H]3CSC(N)=N[C@@]3(c3ccns3)C2)nc(C(C)(C)O)c1F.Cl. The maximum Gasteiger partial charge on any atom is 0.226 e. The number of nitrogens with zero attached hydrogens (tertiary/aromatic N) is 5. The number of fused-ring (bicyclic) bond motifs is 1. The van der Waals surface area contributed by atoms with E-state index >= 15 is 0 Å². The van der Waals surface area contributed by atoms with E-state index in [1.54, 1.807) is 24.9 Å². The van der Waals surface area contributed by atoms with Gasteiger partial charge in [0.05, 0.1) is 17.1 Å². The second kappa shape index (κ2) is 7.40. The van der Waals surface area contributed by atoms with Crippen molar-refractivity contribution in [3.05, 3.63) is 34.3 Å². The Morgan fingerprint density at radius 2 is 2.14 bits per heavy atom. The molecule has 0 saturated carbocycles. The summed E-state index contributed by atoms with van der Waals surface area (Å²) in [6, 6.07) is 1.98. The first-order valence-corrected chi connectivity index (χ1v) is 10.4. The van der Waals surface area contributed by atoms with Crippen LogP contribution in [-0.4, -0.2) is 43.5 Å². The van der Waals surface area contributed by atoms with Gasteiger partial charge < -0.3 is 15.7 Å². The van der Waals surface area contributed by atoms with E-state index in [9.17, 15) is 9.50 Å². The summed E-state index contributed by atoms with van der Waals surface area (Å²) < 4.78 is 18.7. The zero-order valence-corrected chi connectivity index (χ0v) is 18.2. The Kier molecular flexibility index (Phi) is 5.61. The molecule has 2 aliphatic rings. The van der Waals surface area contributed by atoms with Crippen LogP contribution in [0.5, 0.6) is 0 Å². The molecular weight excluding hydrogens is 423 g/mol. The summed E-state index contributed by atoms with van der Waals surface area (Å²) in [4.78, 5) is 16.6. The number of aryl methyl sites for hydroxylation is 1. The molecule has 2 atom stereocenters. The van der Waals surface area contributed by atoms with Crippen molar-refractivity contribution in [1.29, 1.82) is 0 Å². The van der Waals surface area contributed by atoms with Crippen LogP contribution in [0.4, 0.5) is 10.3 Å². The largest absolute Gasteiger partial charge is 0.384 e. The molecule has 2 aliphatic heterocycles. The van der Waals surface area contributed by atoms with Crippen LogP contribution in [0.3, 0.4) is 0 Å². The zero-order chi connectivity index (χ0) is 19.4. The van der Waals surface area contributed by atoms with Crippen LogP contribution in [0.15, 0.2) is 17.3 Å². The van der Waals surface area contributed by atoms with Crippen molar-refractivity contribution in [2.45, 2.75) is 31.9 Å². The van der Waals surface area contributed by atoms with Gasteiger partial charge in [-0.1, -0.05) is 11.8 Å². The highest BCUT2D eigenvalue weighted by molar-refractivity contribution is 8.13. The minimum absolute atomic E-state index is 0. The van der Waals surface area contributed by atoms with Crippen LogP contribution < -0.4 is 10.6 Å². The molecule has 0 bridgehead atoms. The van der Waals surface area contributed by atoms with Crippen molar-refractivity contribution in [2.75, 3.05) is 23.7 Å². The first-order chi connectivity index (χ1) is 12.7. The zero-order valence-electron chi connectivity index (χ0n) is 15.7. The first-order valence-electron chi connectivity index (χ1n) is 8.62. The molecule has 4 heterocycles. The quantitative estimate of drug-likeness (QED) is 0.749. The highest BCUT2D eigenvalue weighted by Crippen LogP contribution is 2.47. The fourth-order valence-electron chi connectivity index (χ4n) is 3.65. The summed E-state index contributed by atoms with van der Waals surface area (Å²) in [7, 11) is 0. The van der Waals surface area contributed by atoms with Gasteiger partial charge in [0.1, 0.15) is 16.8 Å². The van der Waals surface area contributed by atoms with Crippen molar-refractivity contribution in [3.8, 4) is 0 Å². The summed E-state index contributed by atoms with van der Waals surface area (Å²) in [5, 5.41) is 10.9. The number of aromatic nitrogens is 3. The van der Waals surface area contributed by atoms with Crippen molar-refractivity contribution in [1.82, 2.24) is 14.3 Å². The molecule has 11 heteroatoms. The van der Waals surface area contributed by atoms with Crippen LogP contribution in [0.2, 0.25) is 0 Å². The lowest BCUT2D eigenvalue weighted by molar-refractivity contribution is 0.0691. The Balaban J connectivity index is 0.00000225. The summed E-state index contributed by atoms with van der Waals surface area (Å²) >= 11 is 2.96. The van der Waals surface area contributed by atoms with Crippen molar-refractivity contribution >= 4 is 46.8 Å². The molecule has 4 rings (SSSR count). The van der Waals surface area contributed by atoms with Gasteiger partial charge in [-0.15, -0.1) is 12.4 Å². The molecule has 0 unspecified atom stereocenters. The number of halogens is 2. The fraction of sp³-hybridized carbons (Fsp3) is 0.529. The predicted octanol–water partition coefficient (Wildman–Crippen LogP) is 2.42. The third-order valence-corrected chi connectivity index (χ3v) is 6.89. The summed E-state index contributed by atoms with van der Waals surface area (Å²) in [6.45, 7) is 5.84. The van der Waals surface area contributed by atoms with Crippen molar-refractivity contribution < 1.29 is 9.50 Å². The van der Waals surface area contributed by atoms with Gasteiger partial charge in [0.2, 0.25) is 5.95 Å². The lowest BCUT2D eigenvalue weighted by atomic mass is 9.87. The molecule has 0 aromatic carbocycles. The van der Waals surface area contributed by atoms with Gasteiger partial charge in [-0.2, -0.15) is 0 Å². The number of nitrogens with two attached hydrogens (primary N) is 1. The molecule has 1 fully saturated rings. The normalized spacial score (nSPS) is 24.5. The monoisotopic (exact) mass is 444 g/mol. The lowest BCUT2D eigenvalue weighted by Gasteiger charge is -2.32. The number of amidine groups is 1. The molecule has 2 aromatic rings.